The lowest BCUT2D eigenvalue weighted by Gasteiger charge is -2.17. The number of nitrogens with two attached hydrogens (primary N) is 1. The van der Waals surface area contributed by atoms with E-state index in [0.717, 1.165) is 50.8 Å². The highest BCUT2D eigenvalue weighted by Crippen LogP contribution is 2.38. The maximum absolute atomic E-state index is 12.9. The standard InChI is InChI=1S/C41H50N6O3/c1-29-25-30(2)27-35(26-29)40-44-38(32-11-15-36(16-12-32)45(3)4)39(33-13-17-37(18-14-33)46(5)6)47(40)28-31-7-9-34(10-8-31)41(48)43-20-22-50-24-23-49-21-19-42/h7-18,25-27H,19-24,28,42H2,1-6H3,(H,43,48). The van der Waals surface area contributed by atoms with Gasteiger partial charge >= 0.3 is 0 Å². The summed E-state index contributed by atoms with van der Waals surface area (Å²) < 4.78 is 13.2. The van der Waals surface area contributed by atoms with Crippen molar-refractivity contribution in [3.05, 3.63) is 113 Å². The number of nitrogens with zero attached hydrogens (tertiary/aromatic N) is 4. The van der Waals surface area contributed by atoms with E-state index in [4.69, 9.17) is 20.2 Å². The molecule has 3 N–H and O–H groups in total. The molecule has 0 spiro atoms. The Labute approximate surface area is 296 Å². The Morgan fingerprint density at radius 3 is 1.84 bits per heavy atom. The highest BCUT2D eigenvalue weighted by atomic mass is 16.5. The van der Waals surface area contributed by atoms with Gasteiger partial charge in [-0.05, 0) is 67.9 Å². The van der Waals surface area contributed by atoms with Gasteiger partial charge in [0.1, 0.15) is 5.82 Å². The number of hydrogen-bond donors (Lipinski definition) is 2. The summed E-state index contributed by atoms with van der Waals surface area (Å²) in [6.45, 7) is 7.60. The van der Waals surface area contributed by atoms with E-state index in [-0.39, 0.29) is 5.91 Å². The molecule has 1 amide bonds. The first-order chi connectivity index (χ1) is 24.1. The van der Waals surface area contributed by atoms with E-state index in [1.807, 2.05) is 52.5 Å². The summed E-state index contributed by atoms with van der Waals surface area (Å²) in [6.07, 6.45) is 0. The van der Waals surface area contributed by atoms with Gasteiger partial charge in [0.2, 0.25) is 0 Å². The fraction of sp³-hybridized carbons (Fsp3) is 0.317. The van der Waals surface area contributed by atoms with Gasteiger partial charge in [-0.1, -0.05) is 53.6 Å². The number of benzene rings is 4. The van der Waals surface area contributed by atoms with Gasteiger partial charge in [0, 0.05) is 81.5 Å². The smallest absolute Gasteiger partial charge is 0.251 e. The summed E-state index contributed by atoms with van der Waals surface area (Å²) in [5, 5.41) is 2.94. The van der Waals surface area contributed by atoms with Crippen LogP contribution >= 0.6 is 0 Å². The molecule has 0 aliphatic heterocycles. The number of amides is 1. The Bertz CT molecular complexity index is 1830. The first kappa shape index (κ1) is 36.3. The Kier molecular flexibility index (Phi) is 12.4. The lowest BCUT2D eigenvalue weighted by molar-refractivity contribution is 0.0511. The topological polar surface area (TPSA) is 97.9 Å². The molecule has 0 bridgehead atoms. The second-order valence-corrected chi connectivity index (χ2v) is 12.9. The molecule has 0 aliphatic carbocycles. The van der Waals surface area contributed by atoms with E-state index in [1.54, 1.807) is 0 Å². The third-order valence-electron chi connectivity index (χ3n) is 8.48. The number of carbonyl (C=O) groups excluding carboxylic acids is 1. The van der Waals surface area contributed by atoms with Gasteiger partial charge in [-0.3, -0.25) is 4.79 Å². The summed E-state index contributed by atoms with van der Waals surface area (Å²) in [5.41, 5.74) is 16.9. The second-order valence-electron chi connectivity index (χ2n) is 12.9. The normalized spacial score (nSPS) is 11.1. The monoisotopic (exact) mass is 674 g/mol. The number of ether oxygens (including phenoxy) is 2. The van der Waals surface area contributed by atoms with Crippen LogP contribution in [-0.4, -0.2) is 83.2 Å². The number of carbonyl (C=O) groups is 1. The van der Waals surface area contributed by atoms with Crippen molar-refractivity contribution >= 4 is 17.3 Å². The van der Waals surface area contributed by atoms with Crippen molar-refractivity contribution in [2.75, 3.05) is 77.5 Å². The number of rotatable bonds is 16. The lowest BCUT2D eigenvalue weighted by atomic mass is 10.0. The van der Waals surface area contributed by atoms with Crippen LogP contribution < -0.4 is 20.9 Å². The predicted molar refractivity (Wildman–Crippen MR) is 205 cm³/mol. The Morgan fingerprint density at radius 2 is 1.28 bits per heavy atom. The predicted octanol–water partition coefficient (Wildman–Crippen LogP) is 6.40. The summed E-state index contributed by atoms with van der Waals surface area (Å²) >= 11 is 0. The molecule has 1 heterocycles. The summed E-state index contributed by atoms with van der Waals surface area (Å²) in [4.78, 5) is 22.5. The summed E-state index contributed by atoms with van der Waals surface area (Å²) in [5.74, 6) is 0.758. The van der Waals surface area contributed by atoms with Gasteiger partial charge in [0.05, 0.1) is 37.8 Å². The van der Waals surface area contributed by atoms with Crippen LogP contribution in [-0.2, 0) is 16.0 Å². The molecule has 0 aliphatic rings. The third-order valence-corrected chi connectivity index (χ3v) is 8.48. The summed E-state index contributed by atoms with van der Waals surface area (Å²) in [6, 6.07) is 31.6. The zero-order valence-electron chi connectivity index (χ0n) is 30.2. The van der Waals surface area contributed by atoms with E-state index in [0.29, 0.717) is 51.6 Å². The molecular formula is C41H50N6O3. The molecule has 0 radical (unpaired) electrons. The Balaban J connectivity index is 1.50. The summed E-state index contributed by atoms with van der Waals surface area (Å²) in [7, 11) is 8.20. The van der Waals surface area contributed by atoms with Gasteiger partial charge in [0.15, 0.2) is 0 Å². The van der Waals surface area contributed by atoms with Crippen molar-refractivity contribution in [3.8, 4) is 33.9 Å². The maximum Gasteiger partial charge on any atom is 0.251 e. The molecule has 262 valence electrons. The molecule has 4 aromatic carbocycles. The van der Waals surface area contributed by atoms with Crippen molar-refractivity contribution < 1.29 is 14.3 Å². The molecule has 5 rings (SSSR count). The van der Waals surface area contributed by atoms with Crippen LogP contribution in [0, 0.1) is 13.8 Å². The van der Waals surface area contributed by atoms with Crippen molar-refractivity contribution in [2.45, 2.75) is 20.4 Å². The van der Waals surface area contributed by atoms with Gasteiger partial charge in [0.25, 0.3) is 5.91 Å². The highest BCUT2D eigenvalue weighted by molar-refractivity contribution is 5.94. The van der Waals surface area contributed by atoms with Crippen LogP contribution in [0.1, 0.15) is 27.0 Å². The zero-order valence-corrected chi connectivity index (χ0v) is 30.2. The SMILES string of the molecule is Cc1cc(C)cc(-c2nc(-c3ccc(N(C)C)cc3)c(-c3ccc(N(C)C)cc3)n2Cc2ccc(C(=O)NCCOCCOCCN)cc2)c1. The quantitative estimate of drug-likeness (QED) is 0.117. The number of aryl methyl sites for hydroxylation is 2. The van der Waals surface area contributed by atoms with Crippen LogP contribution in [0.4, 0.5) is 11.4 Å². The minimum atomic E-state index is -0.136. The average molecular weight is 675 g/mol. The molecule has 0 saturated heterocycles. The van der Waals surface area contributed by atoms with Crippen molar-refractivity contribution in [3.63, 3.8) is 0 Å². The van der Waals surface area contributed by atoms with Gasteiger partial charge in [-0.2, -0.15) is 0 Å². The number of hydrogen-bond acceptors (Lipinski definition) is 7. The van der Waals surface area contributed by atoms with Crippen molar-refractivity contribution in [1.82, 2.24) is 14.9 Å². The number of anilines is 2. The Hall–Kier alpha value is -4.96. The largest absolute Gasteiger partial charge is 0.378 e. The zero-order chi connectivity index (χ0) is 35.6. The van der Waals surface area contributed by atoms with E-state index >= 15 is 0 Å². The minimum Gasteiger partial charge on any atom is -0.378 e. The molecule has 50 heavy (non-hydrogen) atoms. The molecule has 9 heteroatoms. The highest BCUT2D eigenvalue weighted by Gasteiger charge is 2.22. The molecule has 5 aromatic rings. The van der Waals surface area contributed by atoms with Gasteiger partial charge in [-0.25, -0.2) is 4.98 Å². The molecule has 0 atom stereocenters. The van der Waals surface area contributed by atoms with Crippen LogP contribution in [0.5, 0.6) is 0 Å². The first-order valence-corrected chi connectivity index (χ1v) is 17.1. The third kappa shape index (κ3) is 9.18. The molecule has 0 unspecified atom stereocenters. The fourth-order valence-corrected chi connectivity index (χ4v) is 5.95. The van der Waals surface area contributed by atoms with E-state index < -0.39 is 0 Å². The first-order valence-electron chi connectivity index (χ1n) is 17.1. The second kappa shape index (κ2) is 17.1. The molecular weight excluding hydrogens is 624 g/mol. The Morgan fingerprint density at radius 1 is 0.720 bits per heavy atom. The van der Waals surface area contributed by atoms with Gasteiger partial charge < -0.3 is 34.9 Å². The minimum absolute atomic E-state index is 0.136. The number of aromatic nitrogens is 2. The molecule has 0 fully saturated rings. The van der Waals surface area contributed by atoms with Crippen LogP contribution in [0.25, 0.3) is 33.9 Å². The molecule has 9 nitrogen and oxygen atoms in total. The van der Waals surface area contributed by atoms with E-state index in [9.17, 15) is 4.79 Å². The number of nitrogens with one attached hydrogen (secondary N) is 1. The molecule has 0 saturated carbocycles. The molecule has 1 aromatic heterocycles. The van der Waals surface area contributed by atoms with E-state index in [2.05, 4.69) is 100 Å². The van der Waals surface area contributed by atoms with Crippen LogP contribution in [0.2, 0.25) is 0 Å². The fourth-order valence-electron chi connectivity index (χ4n) is 5.95. The van der Waals surface area contributed by atoms with Crippen molar-refractivity contribution in [2.24, 2.45) is 5.73 Å². The average Bonchev–Trinajstić information content (AvgIpc) is 3.48. The number of imidazole rings is 1. The van der Waals surface area contributed by atoms with Crippen LogP contribution in [0.3, 0.4) is 0 Å². The van der Waals surface area contributed by atoms with Crippen molar-refractivity contribution in [1.29, 1.82) is 0 Å². The van der Waals surface area contributed by atoms with Gasteiger partial charge in [-0.15, -0.1) is 0 Å². The van der Waals surface area contributed by atoms with E-state index in [1.165, 1.54) is 11.1 Å². The van der Waals surface area contributed by atoms with Crippen LogP contribution in [0.15, 0.2) is 91.0 Å². The maximum atomic E-state index is 12.9. The lowest BCUT2D eigenvalue weighted by Crippen LogP contribution is -2.27.